The van der Waals surface area contributed by atoms with Crippen molar-refractivity contribution in [3.8, 4) is 5.75 Å². The van der Waals surface area contributed by atoms with Crippen molar-refractivity contribution in [3.05, 3.63) is 65.7 Å². The molecule has 0 bridgehead atoms. The molecule has 0 aliphatic carbocycles. The van der Waals surface area contributed by atoms with E-state index in [1.807, 2.05) is 54.6 Å². The molecule has 2 N–H and O–H groups in total. The van der Waals surface area contributed by atoms with Gasteiger partial charge in [0.25, 0.3) is 0 Å². The van der Waals surface area contributed by atoms with Gasteiger partial charge in [-0.25, -0.2) is 0 Å². The molecule has 0 saturated heterocycles. The van der Waals surface area contributed by atoms with Crippen LogP contribution in [0.5, 0.6) is 5.75 Å². The first-order valence-electron chi connectivity index (χ1n) is 7.32. The Morgan fingerprint density at radius 2 is 1.39 bits per heavy atom. The molecule has 5 heteroatoms. The van der Waals surface area contributed by atoms with Crippen LogP contribution < -0.4 is 4.74 Å². The van der Waals surface area contributed by atoms with Crippen LogP contribution in [0, 0.1) is 0 Å². The van der Waals surface area contributed by atoms with Gasteiger partial charge in [-0.05, 0) is 36.0 Å². The van der Waals surface area contributed by atoms with E-state index in [0.717, 1.165) is 16.9 Å². The van der Waals surface area contributed by atoms with Gasteiger partial charge in [-0.3, -0.25) is 0 Å². The Labute approximate surface area is 161 Å². The van der Waals surface area contributed by atoms with Crippen LogP contribution in [0.1, 0.15) is 29.9 Å². The van der Waals surface area contributed by atoms with Crippen molar-refractivity contribution < 1.29 is 14.9 Å². The molecule has 2 aromatic carbocycles. The van der Waals surface area contributed by atoms with E-state index in [4.69, 9.17) is 4.74 Å². The van der Waals surface area contributed by atoms with Gasteiger partial charge >= 0.3 is 18.9 Å². The molecule has 0 atom stereocenters. The van der Waals surface area contributed by atoms with Crippen LogP contribution in [0.25, 0.3) is 0 Å². The molecule has 0 saturated carbocycles. The number of para-hydroxylation sites is 1. The van der Waals surface area contributed by atoms with E-state index in [1.165, 1.54) is 0 Å². The van der Waals surface area contributed by atoms with Crippen molar-refractivity contribution in [2.45, 2.75) is 25.4 Å². The summed E-state index contributed by atoms with van der Waals surface area (Å²) in [6, 6.07) is 17.9. The van der Waals surface area contributed by atoms with Gasteiger partial charge in [0.2, 0.25) is 0 Å². The summed E-state index contributed by atoms with van der Waals surface area (Å²) in [6.45, 7) is 0.734. The van der Waals surface area contributed by atoms with Gasteiger partial charge in [0.1, 0.15) is 12.4 Å². The maximum atomic E-state index is 9.20. The van der Waals surface area contributed by atoms with Gasteiger partial charge < -0.3 is 14.9 Å². The van der Waals surface area contributed by atoms with Crippen LogP contribution in [0.3, 0.4) is 0 Å². The molecule has 0 radical (unpaired) electrons. The fourth-order valence-electron chi connectivity index (χ4n) is 2.45. The Morgan fingerprint density at radius 3 is 2.00 bits per heavy atom. The third-order valence-electron chi connectivity index (χ3n) is 3.55. The normalized spacial score (nSPS) is 9.87. The first kappa shape index (κ1) is 22.3. The molecule has 120 valence electrons. The third kappa shape index (κ3) is 7.15. The number of ether oxygens (including phenoxy) is 1. The van der Waals surface area contributed by atoms with Gasteiger partial charge in [-0.2, -0.15) is 0 Å². The molecule has 0 aliphatic rings. The number of aliphatic hydroxyl groups is 2. The Kier molecular flexibility index (Phi) is 12.3. The molecule has 0 amide bonds. The van der Waals surface area contributed by atoms with E-state index in [0.29, 0.717) is 19.4 Å². The van der Waals surface area contributed by atoms with E-state index in [1.54, 1.807) is 0 Å². The van der Waals surface area contributed by atoms with Crippen LogP contribution >= 0.6 is 0 Å². The second-order valence-electron chi connectivity index (χ2n) is 5.03. The molecule has 0 spiro atoms. The second kappa shape index (κ2) is 12.7. The molecular formula is C18H26AlLiO3. The number of hydrogen-bond acceptors (Lipinski definition) is 3. The second-order valence-corrected chi connectivity index (χ2v) is 5.03. The average Bonchev–Trinajstić information content (AvgIpc) is 2.54. The molecule has 0 heterocycles. The quantitative estimate of drug-likeness (QED) is 0.719. The van der Waals surface area contributed by atoms with Gasteiger partial charge in [0, 0.05) is 13.2 Å². The minimum absolute atomic E-state index is 0. The minimum atomic E-state index is 0. The fraction of sp³-hybridized carbons (Fsp3) is 0.333. The Morgan fingerprint density at radius 1 is 0.826 bits per heavy atom. The fourth-order valence-corrected chi connectivity index (χ4v) is 2.45. The summed E-state index contributed by atoms with van der Waals surface area (Å²) >= 11 is 0. The van der Waals surface area contributed by atoms with Gasteiger partial charge in [0.05, 0.1) is 0 Å². The SMILES string of the molecule is OCCC(CCO)c1ccccc1OCc1ccccc1.[AlH3].[LiH]. The van der Waals surface area contributed by atoms with Crippen molar-refractivity contribution in [1.82, 2.24) is 0 Å². The molecule has 23 heavy (non-hydrogen) atoms. The van der Waals surface area contributed by atoms with Gasteiger partial charge in [0.15, 0.2) is 17.4 Å². The van der Waals surface area contributed by atoms with Crippen molar-refractivity contribution in [1.29, 1.82) is 0 Å². The summed E-state index contributed by atoms with van der Waals surface area (Å²) in [5.74, 6) is 0.945. The number of aliphatic hydroxyl groups excluding tert-OH is 2. The van der Waals surface area contributed by atoms with E-state index in [-0.39, 0.29) is 55.4 Å². The summed E-state index contributed by atoms with van der Waals surface area (Å²) in [5, 5.41) is 18.4. The first-order chi connectivity index (χ1) is 10.3. The van der Waals surface area contributed by atoms with E-state index in [9.17, 15) is 10.2 Å². The molecule has 2 aromatic rings. The van der Waals surface area contributed by atoms with Crippen molar-refractivity contribution in [3.63, 3.8) is 0 Å². The molecule has 0 unspecified atom stereocenters. The summed E-state index contributed by atoms with van der Waals surface area (Å²) in [6.07, 6.45) is 1.26. The Hall–Kier alpha value is -0.710. The van der Waals surface area contributed by atoms with Gasteiger partial charge in [-0.15, -0.1) is 0 Å². The van der Waals surface area contributed by atoms with Crippen LogP contribution in [-0.4, -0.2) is 59.6 Å². The maximum absolute atomic E-state index is 9.20. The summed E-state index contributed by atoms with van der Waals surface area (Å²) in [5.41, 5.74) is 2.17. The Bertz CT molecular complexity index is 531. The Balaban J connectivity index is 0.00000242. The first-order valence-corrected chi connectivity index (χ1v) is 7.32. The molecule has 0 aromatic heterocycles. The topological polar surface area (TPSA) is 49.7 Å². The van der Waals surface area contributed by atoms with Crippen molar-refractivity contribution in [2.24, 2.45) is 0 Å². The van der Waals surface area contributed by atoms with Crippen molar-refractivity contribution in [2.75, 3.05) is 13.2 Å². The predicted octanol–water partition coefficient (Wildman–Crippen LogP) is 1.28. The van der Waals surface area contributed by atoms with Crippen LogP contribution in [0.4, 0.5) is 0 Å². The van der Waals surface area contributed by atoms with E-state index in [2.05, 4.69) is 0 Å². The summed E-state index contributed by atoms with van der Waals surface area (Å²) in [4.78, 5) is 0. The number of rotatable bonds is 8. The van der Waals surface area contributed by atoms with Crippen molar-refractivity contribution >= 4 is 36.2 Å². The molecule has 0 aliphatic heterocycles. The summed E-state index contributed by atoms with van der Waals surface area (Å²) in [7, 11) is 0. The zero-order valence-electron chi connectivity index (χ0n) is 12.1. The number of benzene rings is 2. The van der Waals surface area contributed by atoms with E-state index >= 15 is 0 Å². The standard InChI is InChI=1S/C18H22O3.Al.Li.4H/c19-12-10-16(11-13-20)17-8-4-5-9-18(17)21-14-15-6-2-1-3-7-15;;;;;;/h1-9,16,19-20H,10-14H2;;;;;;. The zero-order chi connectivity index (χ0) is 14.9. The molecular weight excluding hydrogens is 298 g/mol. The van der Waals surface area contributed by atoms with E-state index < -0.39 is 0 Å². The van der Waals surface area contributed by atoms with Crippen LogP contribution in [0.2, 0.25) is 0 Å². The van der Waals surface area contributed by atoms with Gasteiger partial charge in [-0.1, -0.05) is 48.5 Å². The monoisotopic (exact) mass is 324 g/mol. The molecule has 2 rings (SSSR count). The summed E-state index contributed by atoms with van der Waals surface area (Å²) < 4.78 is 5.93. The van der Waals surface area contributed by atoms with Crippen LogP contribution in [-0.2, 0) is 6.61 Å². The third-order valence-corrected chi connectivity index (χ3v) is 3.55. The van der Waals surface area contributed by atoms with Crippen LogP contribution in [0.15, 0.2) is 54.6 Å². The molecule has 0 fully saturated rings. The average molecular weight is 324 g/mol. The predicted molar refractivity (Wildman–Crippen MR) is 100 cm³/mol. The number of hydrogen-bond donors (Lipinski definition) is 2. The molecule has 3 nitrogen and oxygen atoms in total. The zero-order valence-corrected chi connectivity index (χ0v) is 12.1.